The van der Waals surface area contributed by atoms with Crippen LogP contribution in [0.1, 0.15) is 5.56 Å². The van der Waals surface area contributed by atoms with Crippen molar-refractivity contribution in [3.05, 3.63) is 53.6 Å². The Kier molecular flexibility index (Phi) is 5.47. The van der Waals surface area contributed by atoms with Gasteiger partial charge in [-0.1, -0.05) is 0 Å². The van der Waals surface area contributed by atoms with Crippen LogP contribution in [0.3, 0.4) is 0 Å². The van der Waals surface area contributed by atoms with Crippen LogP contribution in [0.5, 0.6) is 5.75 Å². The molecule has 0 aliphatic carbocycles. The van der Waals surface area contributed by atoms with E-state index in [-0.39, 0.29) is 11.4 Å². The van der Waals surface area contributed by atoms with Gasteiger partial charge in [0.15, 0.2) is 11.6 Å². The molecule has 0 heterocycles. The molecule has 0 unspecified atom stereocenters. The molecule has 0 spiro atoms. The van der Waals surface area contributed by atoms with Gasteiger partial charge >= 0.3 is 18.6 Å². The first kappa shape index (κ1) is 20.3. The van der Waals surface area contributed by atoms with Crippen LogP contribution in [0.25, 0.3) is 0 Å². The molecule has 0 atom stereocenters. The van der Waals surface area contributed by atoms with Gasteiger partial charge in [-0.2, -0.15) is 13.2 Å². The lowest BCUT2D eigenvalue weighted by molar-refractivity contribution is -0.275. The monoisotopic (exact) mass is 400 g/mol. The third-order valence-electron chi connectivity index (χ3n) is 2.95. The second-order valence-electron chi connectivity index (χ2n) is 4.96. The number of amides is 2. The van der Waals surface area contributed by atoms with Gasteiger partial charge in [-0.05, 0) is 30.3 Å². The predicted octanol–water partition coefficient (Wildman–Crippen LogP) is 5.53. The first-order valence-electron chi connectivity index (χ1n) is 6.85. The summed E-state index contributed by atoms with van der Waals surface area (Å²) in [5.74, 6) is -4.18. The Bertz CT molecular complexity index is 849. The first-order valence-corrected chi connectivity index (χ1v) is 6.85. The molecule has 2 N–H and O–H groups in total. The maximum absolute atomic E-state index is 13.5. The molecule has 2 aromatic carbocycles. The third-order valence-corrected chi connectivity index (χ3v) is 2.95. The van der Waals surface area contributed by atoms with Gasteiger partial charge in [-0.3, -0.25) is 0 Å². The third kappa shape index (κ3) is 5.72. The molecule has 0 aromatic heterocycles. The van der Waals surface area contributed by atoms with E-state index in [9.17, 15) is 39.9 Å². The van der Waals surface area contributed by atoms with Crippen LogP contribution in [0.2, 0.25) is 0 Å². The van der Waals surface area contributed by atoms with E-state index in [1.54, 1.807) is 0 Å². The maximum atomic E-state index is 13.5. The Morgan fingerprint density at radius 3 is 1.78 bits per heavy atom. The van der Waals surface area contributed by atoms with Crippen LogP contribution in [0, 0.1) is 11.6 Å². The molecular weight excluding hydrogens is 392 g/mol. The number of benzene rings is 2. The zero-order valence-electron chi connectivity index (χ0n) is 12.8. The minimum absolute atomic E-state index is 0.285. The summed E-state index contributed by atoms with van der Waals surface area (Å²) >= 11 is 0. The van der Waals surface area contributed by atoms with Gasteiger partial charge in [0.05, 0.1) is 5.56 Å². The Morgan fingerprint density at radius 2 is 1.33 bits per heavy atom. The van der Waals surface area contributed by atoms with Crippen LogP contribution >= 0.6 is 0 Å². The van der Waals surface area contributed by atoms with E-state index in [1.165, 1.54) is 0 Å². The van der Waals surface area contributed by atoms with Gasteiger partial charge in [0.1, 0.15) is 5.82 Å². The quantitative estimate of drug-likeness (QED) is 0.666. The predicted molar refractivity (Wildman–Crippen MR) is 77.1 cm³/mol. The molecule has 0 radical (unpaired) electrons. The average molecular weight is 400 g/mol. The molecule has 2 aromatic rings. The molecule has 0 fully saturated rings. The van der Waals surface area contributed by atoms with E-state index in [1.807, 2.05) is 10.6 Å². The highest BCUT2D eigenvalue weighted by molar-refractivity contribution is 5.99. The molecule has 2 rings (SSSR count). The summed E-state index contributed by atoms with van der Waals surface area (Å²) in [6.07, 6.45) is -10.0. The number of hydrogen-bond donors (Lipinski definition) is 2. The van der Waals surface area contributed by atoms with Gasteiger partial charge in [-0.25, -0.2) is 13.6 Å². The van der Waals surface area contributed by atoms with E-state index in [2.05, 4.69) is 4.74 Å². The number of hydrogen-bond acceptors (Lipinski definition) is 2. The molecule has 0 saturated carbocycles. The largest absolute Gasteiger partial charge is 0.573 e. The minimum atomic E-state index is -5.11. The molecule has 2 amide bonds. The molecule has 4 nitrogen and oxygen atoms in total. The van der Waals surface area contributed by atoms with Crippen molar-refractivity contribution in [2.24, 2.45) is 0 Å². The number of ether oxygens (including phenoxy) is 1. The average Bonchev–Trinajstić information content (AvgIpc) is 2.47. The fraction of sp³-hybridized carbons (Fsp3) is 0.133. The normalized spacial score (nSPS) is 11.9. The fourth-order valence-corrected chi connectivity index (χ4v) is 1.90. The van der Waals surface area contributed by atoms with E-state index in [0.29, 0.717) is 24.3 Å². The number of nitrogens with one attached hydrogen (secondary N) is 2. The molecule has 27 heavy (non-hydrogen) atoms. The summed E-state index contributed by atoms with van der Waals surface area (Å²) in [6, 6.07) is 2.53. The van der Waals surface area contributed by atoms with Crippen molar-refractivity contribution in [1.29, 1.82) is 0 Å². The first-order chi connectivity index (χ1) is 12.3. The number of carbonyl (C=O) groups is 1. The molecule has 146 valence electrons. The van der Waals surface area contributed by atoms with Crippen molar-refractivity contribution < 1.29 is 44.7 Å². The van der Waals surface area contributed by atoms with E-state index >= 15 is 0 Å². The summed E-state index contributed by atoms with van der Waals surface area (Å²) in [4.78, 5) is 11.7. The van der Waals surface area contributed by atoms with Crippen LogP contribution in [0.15, 0.2) is 36.4 Å². The molecule has 0 saturated heterocycles. The number of urea groups is 1. The number of alkyl halides is 6. The zero-order valence-corrected chi connectivity index (χ0v) is 12.8. The lowest BCUT2D eigenvalue weighted by Crippen LogP contribution is -2.20. The summed E-state index contributed by atoms with van der Waals surface area (Å²) in [5, 5.41) is 4.01. The van der Waals surface area contributed by atoms with Gasteiger partial charge < -0.3 is 15.4 Å². The van der Waals surface area contributed by atoms with Crippen molar-refractivity contribution >= 4 is 17.4 Å². The Labute approximate surface area is 145 Å². The molecule has 0 aliphatic heterocycles. The lowest BCUT2D eigenvalue weighted by atomic mass is 10.2. The van der Waals surface area contributed by atoms with Gasteiger partial charge in [0, 0.05) is 17.4 Å². The van der Waals surface area contributed by atoms with Crippen molar-refractivity contribution in [1.82, 2.24) is 0 Å². The van der Waals surface area contributed by atoms with Gasteiger partial charge in [0.25, 0.3) is 0 Å². The van der Waals surface area contributed by atoms with Crippen molar-refractivity contribution in [3.8, 4) is 5.75 Å². The van der Waals surface area contributed by atoms with Crippen LogP contribution in [0.4, 0.5) is 51.3 Å². The van der Waals surface area contributed by atoms with Crippen molar-refractivity contribution in [3.63, 3.8) is 0 Å². The van der Waals surface area contributed by atoms with Crippen LogP contribution in [-0.4, -0.2) is 12.4 Å². The maximum Gasteiger partial charge on any atom is 0.573 e. The number of anilines is 2. The molecule has 12 heteroatoms. The smallest absolute Gasteiger partial charge is 0.403 e. The second kappa shape index (κ2) is 7.29. The standard InChI is InChI=1S/C15H8F8N2O2/c16-10-5-7(1-3-9(10)14(18,19)20)24-13(26)25-8-2-4-12(11(17)6-8)27-15(21,22)23/h1-6H,(H2,24,25,26). The van der Waals surface area contributed by atoms with Crippen LogP contribution in [-0.2, 0) is 6.18 Å². The Morgan fingerprint density at radius 1 is 0.815 bits per heavy atom. The zero-order chi connectivity index (χ0) is 20.4. The highest BCUT2D eigenvalue weighted by Crippen LogP contribution is 2.32. The van der Waals surface area contributed by atoms with Gasteiger partial charge in [-0.15, -0.1) is 13.2 Å². The Balaban J connectivity index is 2.06. The minimum Gasteiger partial charge on any atom is -0.403 e. The molecule has 0 bridgehead atoms. The summed E-state index contributed by atoms with van der Waals surface area (Å²) in [5.41, 5.74) is -2.15. The fourth-order valence-electron chi connectivity index (χ4n) is 1.90. The summed E-state index contributed by atoms with van der Waals surface area (Å²) in [6.45, 7) is 0. The number of rotatable bonds is 3. The highest BCUT2D eigenvalue weighted by atomic mass is 19.4. The van der Waals surface area contributed by atoms with E-state index in [4.69, 9.17) is 0 Å². The molecular formula is C15H8F8N2O2. The highest BCUT2D eigenvalue weighted by Gasteiger charge is 2.34. The SMILES string of the molecule is O=C(Nc1ccc(OC(F)(F)F)c(F)c1)Nc1ccc(C(F)(F)F)c(F)c1. The van der Waals surface area contributed by atoms with Crippen molar-refractivity contribution in [2.75, 3.05) is 10.6 Å². The summed E-state index contributed by atoms with van der Waals surface area (Å²) in [7, 11) is 0. The van der Waals surface area contributed by atoms with Crippen molar-refractivity contribution in [2.45, 2.75) is 12.5 Å². The Hall–Kier alpha value is -3.05. The van der Waals surface area contributed by atoms with Crippen LogP contribution < -0.4 is 15.4 Å². The number of halogens is 8. The van der Waals surface area contributed by atoms with Gasteiger partial charge in [0.2, 0.25) is 0 Å². The summed E-state index contributed by atoms with van der Waals surface area (Å²) < 4.78 is 104. The van der Waals surface area contributed by atoms with E-state index < -0.39 is 41.5 Å². The molecule has 0 aliphatic rings. The second-order valence-corrected chi connectivity index (χ2v) is 4.96. The van der Waals surface area contributed by atoms with E-state index in [0.717, 1.165) is 12.1 Å². The number of carbonyl (C=O) groups excluding carboxylic acids is 1. The topological polar surface area (TPSA) is 50.4 Å². The lowest BCUT2D eigenvalue weighted by Gasteiger charge is -2.12.